The lowest BCUT2D eigenvalue weighted by molar-refractivity contribution is -0.121. The van der Waals surface area contributed by atoms with E-state index in [0.29, 0.717) is 35.3 Å². The maximum Gasteiger partial charge on any atom is 0.226 e. The van der Waals surface area contributed by atoms with E-state index in [1.165, 1.54) is 28.9 Å². The third-order valence-electron chi connectivity index (χ3n) is 4.80. The second kappa shape index (κ2) is 8.03. The first-order valence-electron chi connectivity index (χ1n) is 9.57. The predicted molar refractivity (Wildman–Crippen MR) is 104 cm³/mol. The zero-order chi connectivity index (χ0) is 20.4. The average molecular weight is 397 g/mol. The summed E-state index contributed by atoms with van der Waals surface area (Å²) in [5.41, 5.74) is 1.96. The normalized spacial score (nSPS) is 13.3. The summed E-state index contributed by atoms with van der Waals surface area (Å²) in [6.45, 7) is 1.81. The van der Waals surface area contributed by atoms with Gasteiger partial charge in [0.25, 0.3) is 0 Å². The summed E-state index contributed by atoms with van der Waals surface area (Å²) in [5.74, 6) is -0.531. The molecule has 1 aromatic heterocycles. The highest BCUT2D eigenvalue weighted by atomic mass is 19.1. The number of carbonyl (C=O) groups excluding carboxylic acids is 1. The first-order valence-corrected chi connectivity index (χ1v) is 9.57. The Morgan fingerprint density at radius 1 is 1.17 bits per heavy atom. The van der Waals surface area contributed by atoms with E-state index in [9.17, 15) is 13.6 Å². The van der Waals surface area contributed by atoms with Crippen LogP contribution in [0.3, 0.4) is 0 Å². The van der Waals surface area contributed by atoms with Gasteiger partial charge in [-0.15, -0.1) is 0 Å². The predicted octanol–water partition coefficient (Wildman–Crippen LogP) is 4.46. The molecule has 4 rings (SSSR count). The molecule has 1 fully saturated rings. The molecule has 1 aliphatic rings. The van der Waals surface area contributed by atoms with E-state index in [2.05, 4.69) is 10.4 Å². The minimum absolute atomic E-state index is 0.0294. The fraction of sp³-hybridized carbons (Fsp3) is 0.273. The molecule has 0 saturated heterocycles. The van der Waals surface area contributed by atoms with Gasteiger partial charge in [-0.1, -0.05) is 12.1 Å². The molecule has 0 unspecified atom stereocenters. The monoisotopic (exact) mass is 397 g/mol. The highest BCUT2D eigenvalue weighted by Gasteiger charge is 2.25. The van der Waals surface area contributed by atoms with Crippen molar-refractivity contribution >= 4 is 5.91 Å². The number of nitrogens with one attached hydrogen (secondary N) is 1. The SMILES string of the molecule is Cc1nn(-c2ccc(F)cc2)c(Oc2ccccc2F)c1CCC(=O)NC1CC1. The van der Waals surface area contributed by atoms with Crippen LogP contribution in [0.2, 0.25) is 0 Å². The van der Waals surface area contributed by atoms with Gasteiger partial charge in [0.1, 0.15) is 5.82 Å². The summed E-state index contributed by atoms with van der Waals surface area (Å²) in [5, 5.41) is 7.46. The van der Waals surface area contributed by atoms with Crippen LogP contribution in [-0.2, 0) is 11.2 Å². The summed E-state index contributed by atoms with van der Waals surface area (Å²) >= 11 is 0. The van der Waals surface area contributed by atoms with Gasteiger partial charge in [-0.2, -0.15) is 5.10 Å². The second-order valence-electron chi connectivity index (χ2n) is 7.13. The van der Waals surface area contributed by atoms with E-state index in [-0.39, 0.29) is 23.9 Å². The molecule has 1 N–H and O–H groups in total. The van der Waals surface area contributed by atoms with Crippen molar-refractivity contribution in [1.29, 1.82) is 0 Å². The van der Waals surface area contributed by atoms with Crippen molar-refractivity contribution in [2.24, 2.45) is 0 Å². The Hall–Kier alpha value is -3.22. The van der Waals surface area contributed by atoms with Crippen molar-refractivity contribution in [2.75, 3.05) is 0 Å². The minimum Gasteiger partial charge on any atom is -0.436 e. The lowest BCUT2D eigenvalue weighted by atomic mass is 10.1. The quantitative estimate of drug-likeness (QED) is 0.640. The lowest BCUT2D eigenvalue weighted by Crippen LogP contribution is -2.25. The van der Waals surface area contributed by atoms with Crippen LogP contribution in [0.1, 0.15) is 30.5 Å². The molecule has 1 heterocycles. The number of halogens is 2. The maximum absolute atomic E-state index is 14.2. The van der Waals surface area contributed by atoms with Crippen molar-refractivity contribution in [3.63, 3.8) is 0 Å². The van der Waals surface area contributed by atoms with Gasteiger partial charge in [0.2, 0.25) is 11.8 Å². The van der Waals surface area contributed by atoms with Gasteiger partial charge in [-0.25, -0.2) is 13.5 Å². The number of aryl methyl sites for hydroxylation is 1. The first kappa shape index (κ1) is 19.1. The van der Waals surface area contributed by atoms with Crippen LogP contribution in [0.15, 0.2) is 48.5 Å². The fourth-order valence-corrected chi connectivity index (χ4v) is 3.09. The zero-order valence-electron chi connectivity index (χ0n) is 16.0. The summed E-state index contributed by atoms with van der Waals surface area (Å²) in [4.78, 5) is 12.1. The first-order chi connectivity index (χ1) is 14.0. The van der Waals surface area contributed by atoms with Gasteiger partial charge in [0, 0.05) is 18.0 Å². The zero-order valence-corrected chi connectivity index (χ0v) is 16.0. The lowest BCUT2D eigenvalue weighted by Gasteiger charge is -2.12. The molecule has 0 aliphatic heterocycles. The van der Waals surface area contributed by atoms with Gasteiger partial charge in [-0.05, 0) is 62.6 Å². The number of hydrogen-bond acceptors (Lipinski definition) is 3. The van der Waals surface area contributed by atoms with E-state index in [4.69, 9.17) is 4.74 Å². The highest BCUT2D eigenvalue weighted by molar-refractivity contribution is 5.77. The molecule has 7 heteroatoms. The standard InChI is InChI=1S/C22H21F2N3O2/c1-14-18(12-13-21(28)25-16-8-9-16)22(29-20-5-3-2-4-19(20)24)27(26-14)17-10-6-15(23)7-11-17/h2-7,10-11,16H,8-9,12-13H2,1H3,(H,25,28). The molecular formula is C22H21F2N3O2. The summed E-state index contributed by atoms with van der Waals surface area (Å²) in [6, 6.07) is 12.2. The van der Waals surface area contributed by atoms with Crippen LogP contribution in [0.25, 0.3) is 5.69 Å². The molecule has 150 valence electrons. The molecule has 3 aromatic rings. The molecule has 0 bridgehead atoms. The number of amides is 1. The third-order valence-corrected chi connectivity index (χ3v) is 4.80. The van der Waals surface area contributed by atoms with E-state index in [1.54, 1.807) is 24.3 Å². The van der Waals surface area contributed by atoms with Crippen LogP contribution < -0.4 is 10.1 Å². The Kier molecular flexibility index (Phi) is 5.29. The summed E-state index contributed by atoms with van der Waals surface area (Å²) in [6.07, 6.45) is 2.72. The molecule has 1 aliphatic carbocycles. The Morgan fingerprint density at radius 2 is 1.90 bits per heavy atom. The fourth-order valence-electron chi connectivity index (χ4n) is 3.09. The van der Waals surface area contributed by atoms with Crippen LogP contribution in [0.5, 0.6) is 11.6 Å². The number of aromatic nitrogens is 2. The number of benzene rings is 2. The smallest absolute Gasteiger partial charge is 0.226 e. The third kappa shape index (κ3) is 4.45. The van der Waals surface area contributed by atoms with Crippen molar-refractivity contribution in [3.05, 3.63) is 71.4 Å². The van der Waals surface area contributed by atoms with Crippen molar-refractivity contribution in [2.45, 2.75) is 38.6 Å². The Balaban J connectivity index is 1.67. The van der Waals surface area contributed by atoms with E-state index < -0.39 is 5.82 Å². The minimum atomic E-state index is -0.505. The van der Waals surface area contributed by atoms with Gasteiger partial charge >= 0.3 is 0 Å². The van der Waals surface area contributed by atoms with Crippen LogP contribution >= 0.6 is 0 Å². The van der Waals surface area contributed by atoms with Gasteiger partial charge in [0.15, 0.2) is 11.6 Å². The summed E-state index contributed by atoms with van der Waals surface area (Å²) < 4.78 is 35.0. The van der Waals surface area contributed by atoms with Crippen molar-refractivity contribution in [3.8, 4) is 17.3 Å². The molecule has 29 heavy (non-hydrogen) atoms. The van der Waals surface area contributed by atoms with Gasteiger partial charge in [-0.3, -0.25) is 4.79 Å². The number of nitrogens with zero attached hydrogens (tertiary/aromatic N) is 2. The molecule has 0 radical (unpaired) electrons. The number of para-hydroxylation sites is 1. The number of hydrogen-bond donors (Lipinski definition) is 1. The maximum atomic E-state index is 14.2. The molecular weight excluding hydrogens is 376 g/mol. The number of ether oxygens (including phenoxy) is 1. The molecule has 1 amide bonds. The van der Waals surface area contributed by atoms with Crippen LogP contribution in [0.4, 0.5) is 8.78 Å². The molecule has 1 saturated carbocycles. The van der Waals surface area contributed by atoms with Crippen LogP contribution in [-0.4, -0.2) is 21.7 Å². The van der Waals surface area contributed by atoms with E-state index >= 15 is 0 Å². The van der Waals surface area contributed by atoms with Crippen LogP contribution in [0, 0.1) is 18.6 Å². The molecule has 2 aromatic carbocycles. The Morgan fingerprint density at radius 3 is 2.59 bits per heavy atom. The Labute approximate surface area is 167 Å². The van der Waals surface area contributed by atoms with Gasteiger partial charge < -0.3 is 10.1 Å². The topological polar surface area (TPSA) is 56.2 Å². The van der Waals surface area contributed by atoms with Gasteiger partial charge in [0.05, 0.1) is 11.4 Å². The number of rotatable bonds is 7. The van der Waals surface area contributed by atoms with E-state index in [1.807, 2.05) is 6.92 Å². The molecule has 5 nitrogen and oxygen atoms in total. The Bertz CT molecular complexity index is 1030. The van der Waals surface area contributed by atoms with Crippen molar-refractivity contribution < 1.29 is 18.3 Å². The largest absolute Gasteiger partial charge is 0.436 e. The number of carbonyl (C=O) groups is 1. The molecule has 0 atom stereocenters. The molecule has 0 spiro atoms. The van der Waals surface area contributed by atoms with Crippen molar-refractivity contribution in [1.82, 2.24) is 15.1 Å². The highest BCUT2D eigenvalue weighted by Crippen LogP contribution is 2.32. The average Bonchev–Trinajstić information content (AvgIpc) is 3.46. The second-order valence-corrected chi connectivity index (χ2v) is 7.13. The van der Waals surface area contributed by atoms with E-state index in [0.717, 1.165) is 12.8 Å². The summed E-state index contributed by atoms with van der Waals surface area (Å²) in [7, 11) is 0.